The van der Waals surface area contributed by atoms with Crippen molar-refractivity contribution >= 4 is 16.7 Å². The first-order chi connectivity index (χ1) is 14.7. The molecule has 4 rings (SSSR count). The summed E-state index contributed by atoms with van der Waals surface area (Å²) in [5, 5.41) is 0.860. The summed E-state index contributed by atoms with van der Waals surface area (Å²) in [4.78, 5) is 17.9. The number of nitrogens with zero attached hydrogens (tertiary/aromatic N) is 2. The van der Waals surface area contributed by atoms with Gasteiger partial charge in [-0.15, -0.1) is 0 Å². The average Bonchev–Trinajstić information content (AvgIpc) is 3.16. The second-order valence-corrected chi connectivity index (χ2v) is 6.75. The summed E-state index contributed by atoms with van der Waals surface area (Å²) < 4.78 is 18.1. The maximum atomic E-state index is 13.6. The maximum Gasteiger partial charge on any atom is 0.231 e. The first kappa shape index (κ1) is 19.5. The Morgan fingerprint density at radius 3 is 2.37 bits per heavy atom. The van der Waals surface area contributed by atoms with Gasteiger partial charge in [0.25, 0.3) is 0 Å². The van der Waals surface area contributed by atoms with Crippen LogP contribution in [0.3, 0.4) is 0 Å². The van der Waals surface area contributed by atoms with Gasteiger partial charge in [0, 0.05) is 35.3 Å². The Balaban J connectivity index is 1.85. The number of fused-ring (bicyclic) bond motifs is 1. The summed E-state index contributed by atoms with van der Waals surface area (Å²) in [6.07, 6.45) is 1.88. The molecule has 2 aromatic carbocycles. The molecule has 2 heterocycles. The molecule has 0 spiro atoms. The van der Waals surface area contributed by atoms with E-state index in [0.717, 1.165) is 16.5 Å². The smallest absolute Gasteiger partial charge is 0.231 e. The highest BCUT2D eigenvalue weighted by atomic mass is 16.5. The minimum atomic E-state index is -0.220. The molecule has 0 amide bonds. The van der Waals surface area contributed by atoms with E-state index in [1.807, 2.05) is 48.7 Å². The quantitative estimate of drug-likeness (QED) is 0.430. The van der Waals surface area contributed by atoms with Gasteiger partial charge in [-0.2, -0.15) is 4.98 Å². The van der Waals surface area contributed by atoms with Gasteiger partial charge < -0.3 is 18.8 Å². The molecule has 0 aliphatic carbocycles. The molecule has 0 saturated heterocycles. The molecule has 6 heteroatoms. The lowest BCUT2D eigenvalue weighted by atomic mass is 10.0. The molecule has 0 atom stereocenters. The van der Waals surface area contributed by atoms with E-state index in [9.17, 15) is 4.79 Å². The van der Waals surface area contributed by atoms with Crippen molar-refractivity contribution in [3.05, 3.63) is 83.6 Å². The van der Waals surface area contributed by atoms with E-state index in [0.29, 0.717) is 23.7 Å². The Morgan fingerprint density at radius 2 is 1.67 bits per heavy atom. The fourth-order valence-electron chi connectivity index (χ4n) is 3.57. The number of carbonyl (C=O) groups is 1. The largest absolute Gasteiger partial charge is 0.496 e. The number of para-hydroxylation sites is 1. The minimum Gasteiger partial charge on any atom is -0.496 e. The highest BCUT2D eigenvalue weighted by Gasteiger charge is 2.26. The summed E-state index contributed by atoms with van der Waals surface area (Å²) in [6.45, 7) is 0.657. The molecule has 152 valence electrons. The number of hydrogen-bond donors (Lipinski definition) is 0. The average molecular weight is 402 g/mol. The van der Waals surface area contributed by atoms with Gasteiger partial charge in [-0.05, 0) is 11.6 Å². The van der Waals surface area contributed by atoms with Gasteiger partial charge in [-0.25, -0.2) is 0 Å². The molecule has 0 aliphatic heterocycles. The third kappa shape index (κ3) is 3.48. The van der Waals surface area contributed by atoms with Crippen LogP contribution in [0.2, 0.25) is 0 Å². The Bertz CT molecular complexity index is 1170. The first-order valence-electron chi connectivity index (χ1n) is 9.49. The van der Waals surface area contributed by atoms with Crippen LogP contribution < -0.4 is 14.2 Å². The number of hydrogen-bond acceptors (Lipinski definition) is 5. The SMILES string of the molecule is COc1cc(OC)c(C(=O)c2cn(Cc3ccccc3)c3ccccc23)c(OC)n1. The van der Waals surface area contributed by atoms with Crippen LogP contribution in [0.25, 0.3) is 10.9 Å². The molecule has 0 radical (unpaired) electrons. The van der Waals surface area contributed by atoms with Crippen molar-refractivity contribution in [2.24, 2.45) is 0 Å². The van der Waals surface area contributed by atoms with Crippen LogP contribution in [0, 0.1) is 0 Å². The number of ketones is 1. The van der Waals surface area contributed by atoms with Crippen molar-refractivity contribution in [1.29, 1.82) is 0 Å². The third-order valence-electron chi connectivity index (χ3n) is 5.00. The van der Waals surface area contributed by atoms with Gasteiger partial charge in [0.15, 0.2) is 0 Å². The number of methoxy groups -OCH3 is 3. The van der Waals surface area contributed by atoms with E-state index in [1.165, 1.54) is 21.3 Å². The number of rotatable bonds is 7. The fraction of sp³-hybridized carbons (Fsp3) is 0.167. The molecular weight excluding hydrogens is 380 g/mol. The van der Waals surface area contributed by atoms with E-state index in [-0.39, 0.29) is 17.2 Å². The molecule has 0 fully saturated rings. The van der Waals surface area contributed by atoms with Crippen LogP contribution in [0.15, 0.2) is 66.9 Å². The van der Waals surface area contributed by atoms with E-state index < -0.39 is 0 Å². The Kier molecular flexibility index (Phi) is 5.39. The van der Waals surface area contributed by atoms with Crippen molar-refractivity contribution in [1.82, 2.24) is 9.55 Å². The van der Waals surface area contributed by atoms with Crippen molar-refractivity contribution in [2.45, 2.75) is 6.54 Å². The predicted octanol–water partition coefficient (Wildman–Crippen LogP) is 4.34. The number of ether oxygens (including phenoxy) is 3. The van der Waals surface area contributed by atoms with Crippen LogP contribution >= 0.6 is 0 Å². The van der Waals surface area contributed by atoms with Gasteiger partial charge in [-0.1, -0.05) is 48.5 Å². The zero-order chi connectivity index (χ0) is 21.1. The molecular formula is C24H22N2O4. The number of aromatic nitrogens is 2. The zero-order valence-corrected chi connectivity index (χ0v) is 17.1. The standard InChI is InChI=1S/C24H22N2O4/c1-28-20-13-21(29-2)25-24(30-3)22(20)23(27)18-15-26(14-16-9-5-4-6-10-16)19-12-8-7-11-17(18)19/h4-13,15H,14H2,1-3H3. The Morgan fingerprint density at radius 1 is 0.933 bits per heavy atom. The Labute approximate surface area is 174 Å². The zero-order valence-electron chi connectivity index (χ0n) is 17.1. The molecule has 4 aromatic rings. The van der Waals surface area contributed by atoms with E-state index in [2.05, 4.69) is 21.7 Å². The maximum absolute atomic E-state index is 13.6. The second kappa shape index (κ2) is 8.29. The van der Waals surface area contributed by atoms with Gasteiger partial charge in [0.05, 0.1) is 21.3 Å². The summed E-state index contributed by atoms with van der Waals surface area (Å²) >= 11 is 0. The fourth-order valence-corrected chi connectivity index (χ4v) is 3.57. The molecule has 0 saturated carbocycles. The van der Waals surface area contributed by atoms with Crippen molar-refractivity contribution < 1.29 is 19.0 Å². The highest BCUT2D eigenvalue weighted by Crippen LogP contribution is 2.35. The summed E-state index contributed by atoms with van der Waals surface area (Å²) in [7, 11) is 4.47. The molecule has 2 aromatic heterocycles. The third-order valence-corrected chi connectivity index (χ3v) is 5.00. The molecule has 30 heavy (non-hydrogen) atoms. The van der Waals surface area contributed by atoms with Gasteiger partial charge in [0.1, 0.15) is 11.3 Å². The van der Waals surface area contributed by atoms with Gasteiger partial charge in [-0.3, -0.25) is 4.79 Å². The topological polar surface area (TPSA) is 62.6 Å². The van der Waals surface area contributed by atoms with Gasteiger partial charge >= 0.3 is 0 Å². The second-order valence-electron chi connectivity index (χ2n) is 6.75. The highest BCUT2D eigenvalue weighted by molar-refractivity contribution is 6.18. The minimum absolute atomic E-state index is 0.163. The number of pyridine rings is 1. The molecule has 6 nitrogen and oxygen atoms in total. The van der Waals surface area contributed by atoms with Crippen molar-refractivity contribution in [3.8, 4) is 17.5 Å². The number of benzene rings is 2. The normalized spacial score (nSPS) is 10.8. The summed E-state index contributed by atoms with van der Waals surface area (Å²) in [6, 6.07) is 19.6. The number of carbonyl (C=O) groups excluding carboxylic acids is 1. The Hall–Kier alpha value is -3.80. The van der Waals surface area contributed by atoms with E-state index in [4.69, 9.17) is 14.2 Å². The molecule has 0 unspecified atom stereocenters. The van der Waals surface area contributed by atoms with Crippen LogP contribution in [-0.2, 0) is 6.54 Å². The molecule has 0 aliphatic rings. The molecule has 0 N–H and O–H groups in total. The monoisotopic (exact) mass is 402 g/mol. The van der Waals surface area contributed by atoms with Crippen LogP contribution in [0.1, 0.15) is 21.5 Å². The van der Waals surface area contributed by atoms with E-state index in [1.54, 1.807) is 6.07 Å². The van der Waals surface area contributed by atoms with Crippen LogP contribution in [0.5, 0.6) is 17.5 Å². The predicted molar refractivity (Wildman–Crippen MR) is 115 cm³/mol. The molecule has 0 bridgehead atoms. The first-order valence-corrected chi connectivity index (χ1v) is 9.49. The van der Waals surface area contributed by atoms with Crippen LogP contribution in [0.4, 0.5) is 0 Å². The van der Waals surface area contributed by atoms with Crippen molar-refractivity contribution in [2.75, 3.05) is 21.3 Å². The lowest BCUT2D eigenvalue weighted by molar-refractivity contribution is 0.103. The lowest BCUT2D eigenvalue weighted by Crippen LogP contribution is -2.08. The van der Waals surface area contributed by atoms with Crippen molar-refractivity contribution in [3.63, 3.8) is 0 Å². The van der Waals surface area contributed by atoms with E-state index >= 15 is 0 Å². The summed E-state index contributed by atoms with van der Waals surface area (Å²) in [5.74, 6) is 0.605. The summed E-state index contributed by atoms with van der Waals surface area (Å²) in [5.41, 5.74) is 2.95. The lowest BCUT2D eigenvalue weighted by Gasteiger charge is -2.12. The van der Waals surface area contributed by atoms with Gasteiger partial charge in [0.2, 0.25) is 17.5 Å². The van der Waals surface area contributed by atoms with Crippen LogP contribution in [-0.4, -0.2) is 36.7 Å².